The lowest BCUT2D eigenvalue weighted by molar-refractivity contribution is -0.116. The Balaban J connectivity index is 2.35. The molecule has 1 aromatic heterocycles. The third-order valence-corrected chi connectivity index (χ3v) is 3.71. The van der Waals surface area contributed by atoms with E-state index < -0.39 is 23.3 Å². The molecule has 25 heavy (non-hydrogen) atoms. The second-order valence-corrected chi connectivity index (χ2v) is 5.82. The Morgan fingerprint density at radius 2 is 1.88 bits per heavy atom. The zero-order chi connectivity index (χ0) is 18.4. The molecule has 0 atom stereocenters. The van der Waals surface area contributed by atoms with E-state index in [2.05, 4.69) is 20.6 Å². The van der Waals surface area contributed by atoms with Crippen molar-refractivity contribution in [3.8, 4) is 0 Å². The zero-order valence-corrected chi connectivity index (χ0v) is 14.0. The molecule has 0 aliphatic heterocycles. The van der Waals surface area contributed by atoms with Crippen molar-refractivity contribution in [1.82, 2.24) is 9.97 Å². The lowest BCUT2D eigenvalue weighted by atomic mass is 10.2. The first kappa shape index (κ1) is 18.2. The number of nitrogens with two attached hydrogens (primary N) is 1. The second-order valence-electron chi connectivity index (χ2n) is 4.85. The fourth-order valence-electron chi connectivity index (χ4n) is 1.81. The Bertz CT molecular complexity index is 866. The molecule has 0 bridgehead atoms. The summed E-state index contributed by atoms with van der Waals surface area (Å²) in [5, 5.41) is 4.90. The van der Waals surface area contributed by atoms with Gasteiger partial charge in [0.15, 0.2) is 16.7 Å². The summed E-state index contributed by atoms with van der Waals surface area (Å²) in [6, 6.07) is 8.25. The van der Waals surface area contributed by atoms with Crippen molar-refractivity contribution in [3.63, 3.8) is 0 Å². The van der Waals surface area contributed by atoms with E-state index in [0.717, 1.165) is 11.8 Å². The molecule has 0 aliphatic rings. The highest BCUT2D eigenvalue weighted by Crippen LogP contribution is 2.19. The van der Waals surface area contributed by atoms with Crippen molar-refractivity contribution < 1.29 is 14.4 Å². The molecule has 2 rings (SSSR count). The average Bonchev–Trinajstić information content (AvgIpc) is 2.56. The molecular weight excluding hydrogens is 346 g/mol. The standard InChI is InChI=1S/C15H15N5O4S/c1-8(21)17-12-11(18-13(23)9-5-3-2-4-6-9)14(24)20-15(19-12)25-7-10(16)22/h2-6H,7H2,1H3,(H2,16,22)(H,18,23)(H2,17,19,20,21,24). The van der Waals surface area contributed by atoms with E-state index in [-0.39, 0.29) is 22.4 Å². The molecule has 10 heteroatoms. The molecule has 1 aromatic carbocycles. The monoisotopic (exact) mass is 361 g/mol. The number of carbonyl (C=O) groups is 3. The van der Waals surface area contributed by atoms with Crippen LogP contribution >= 0.6 is 11.8 Å². The van der Waals surface area contributed by atoms with E-state index in [1.807, 2.05) is 0 Å². The minimum absolute atomic E-state index is 0.0882. The molecule has 0 unspecified atom stereocenters. The maximum atomic E-state index is 12.3. The summed E-state index contributed by atoms with van der Waals surface area (Å²) in [6.07, 6.45) is 0. The number of nitrogens with one attached hydrogen (secondary N) is 3. The number of benzene rings is 1. The maximum Gasteiger partial charge on any atom is 0.277 e. The Labute approximate surface area is 146 Å². The van der Waals surface area contributed by atoms with E-state index in [4.69, 9.17) is 5.73 Å². The van der Waals surface area contributed by atoms with Crippen LogP contribution in [0.5, 0.6) is 0 Å². The average molecular weight is 361 g/mol. The van der Waals surface area contributed by atoms with Crippen LogP contribution in [0.1, 0.15) is 17.3 Å². The minimum atomic E-state index is -0.671. The molecule has 3 amide bonds. The molecule has 0 saturated heterocycles. The van der Waals surface area contributed by atoms with Gasteiger partial charge in [-0.1, -0.05) is 30.0 Å². The number of hydrogen-bond donors (Lipinski definition) is 4. The van der Waals surface area contributed by atoms with Gasteiger partial charge in [-0.05, 0) is 12.1 Å². The van der Waals surface area contributed by atoms with Gasteiger partial charge in [0.05, 0.1) is 5.75 Å². The molecule has 5 N–H and O–H groups in total. The summed E-state index contributed by atoms with van der Waals surface area (Å²) in [7, 11) is 0. The third kappa shape index (κ3) is 5.18. The predicted molar refractivity (Wildman–Crippen MR) is 93.5 cm³/mol. The van der Waals surface area contributed by atoms with Crippen LogP contribution in [-0.2, 0) is 9.59 Å². The van der Waals surface area contributed by atoms with Crippen LogP contribution in [0.2, 0.25) is 0 Å². The number of carbonyl (C=O) groups excluding carboxylic acids is 3. The maximum absolute atomic E-state index is 12.3. The molecule has 2 aromatic rings. The largest absolute Gasteiger partial charge is 0.369 e. The van der Waals surface area contributed by atoms with Gasteiger partial charge in [-0.15, -0.1) is 0 Å². The Hall–Kier alpha value is -3.14. The summed E-state index contributed by atoms with van der Waals surface area (Å²) >= 11 is 0.903. The van der Waals surface area contributed by atoms with Crippen LogP contribution in [0.25, 0.3) is 0 Å². The van der Waals surface area contributed by atoms with Crippen molar-refractivity contribution in [2.75, 3.05) is 16.4 Å². The van der Waals surface area contributed by atoms with Gasteiger partial charge in [-0.25, -0.2) is 4.98 Å². The van der Waals surface area contributed by atoms with E-state index in [1.165, 1.54) is 6.92 Å². The number of anilines is 2. The number of thioether (sulfide) groups is 1. The lowest BCUT2D eigenvalue weighted by Crippen LogP contribution is -2.24. The summed E-state index contributed by atoms with van der Waals surface area (Å²) < 4.78 is 0. The molecule has 0 fully saturated rings. The minimum Gasteiger partial charge on any atom is -0.369 e. The SMILES string of the molecule is CC(=O)Nc1nc(SCC(N)=O)[nH]c(=O)c1NC(=O)c1ccccc1. The first-order valence-corrected chi connectivity index (χ1v) is 8.05. The number of primary amides is 1. The smallest absolute Gasteiger partial charge is 0.277 e. The molecule has 9 nitrogen and oxygen atoms in total. The van der Waals surface area contributed by atoms with Gasteiger partial charge < -0.3 is 16.4 Å². The molecule has 1 heterocycles. The van der Waals surface area contributed by atoms with Gasteiger partial charge in [0, 0.05) is 12.5 Å². The molecule has 0 radical (unpaired) electrons. The van der Waals surface area contributed by atoms with Gasteiger partial charge in [0.2, 0.25) is 11.8 Å². The molecule has 130 valence electrons. The molecule has 0 saturated carbocycles. The fourth-order valence-corrected chi connectivity index (χ4v) is 2.41. The first-order valence-electron chi connectivity index (χ1n) is 7.06. The highest BCUT2D eigenvalue weighted by molar-refractivity contribution is 7.99. The highest BCUT2D eigenvalue weighted by Gasteiger charge is 2.17. The van der Waals surface area contributed by atoms with Crippen molar-refractivity contribution in [1.29, 1.82) is 0 Å². The van der Waals surface area contributed by atoms with Gasteiger partial charge in [0.1, 0.15) is 0 Å². The van der Waals surface area contributed by atoms with Crippen LogP contribution in [0.3, 0.4) is 0 Å². The van der Waals surface area contributed by atoms with E-state index >= 15 is 0 Å². The summed E-state index contributed by atoms with van der Waals surface area (Å²) in [4.78, 5) is 53.2. The first-order chi connectivity index (χ1) is 11.9. The molecule has 0 spiro atoms. The molecular formula is C15H15N5O4S. The topological polar surface area (TPSA) is 147 Å². The highest BCUT2D eigenvalue weighted by atomic mass is 32.2. The van der Waals surface area contributed by atoms with Crippen LogP contribution in [0, 0.1) is 0 Å². The fraction of sp³-hybridized carbons (Fsp3) is 0.133. The van der Waals surface area contributed by atoms with Crippen molar-refractivity contribution in [2.45, 2.75) is 12.1 Å². The van der Waals surface area contributed by atoms with Gasteiger partial charge >= 0.3 is 0 Å². The summed E-state index contributed by atoms with van der Waals surface area (Å²) in [5.41, 5.74) is 4.51. The van der Waals surface area contributed by atoms with Crippen LogP contribution in [0.4, 0.5) is 11.5 Å². The van der Waals surface area contributed by atoms with E-state index in [0.29, 0.717) is 5.56 Å². The van der Waals surface area contributed by atoms with Crippen molar-refractivity contribution in [2.24, 2.45) is 5.73 Å². The predicted octanol–water partition coefficient (Wildman–Crippen LogP) is 0.558. The molecule has 0 aliphatic carbocycles. The number of hydrogen-bond acceptors (Lipinski definition) is 6. The number of nitrogens with zero attached hydrogens (tertiary/aromatic N) is 1. The number of amides is 3. The van der Waals surface area contributed by atoms with Crippen LogP contribution < -0.4 is 21.9 Å². The Morgan fingerprint density at radius 3 is 2.48 bits per heavy atom. The van der Waals surface area contributed by atoms with E-state index in [1.54, 1.807) is 30.3 Å². The number of H-pyrrole nitrogens is 1. The van der Waals surface area contributed by atoms with Gasteiger partial charge in [-0.2, -0.15) is 0 Å². The van der Waals surface area contributed by atoms with Crippen LogP contribution in [0.15, 0.2) is 40.3 Å². The Morgan fingerprint density at radius 1 is 1.20 bits per heavy atom. The second kappa shape index (κ2) is 8.11. The van der Waals surface area contributed by atoms with Crippen molar-refractivity contribution >= 4 is 41.0 Å². The number of aromatic nitrogens is 2. The Kier molecular flexibility index (Phi) is 5.90. The van der Waals surface area contributed by atoms with Gasteiger partial charge in [-0.3, -0.25) is 24.2 Å². The normalized spacial score (nSPS) is 10.1. The van der Waals surface area contributed by atoms with Gasteiger partial charge in [0.25, 0.3) is 11.5 Å². The van der Waals surface area contributed by atoms with Crippen LogP contribution in [-0.4, -0.2) is 33.4 Å². The van der Waals surface area contributed by atoms with Crippen molar-refractivity contribution in [3.05, 3.63) is 46.2 Å². The third-order valence-electron chi connectivity index (χ3n) is 2.82. The zero-order valence-electron chi connectivity index (χ0n) is 13.2. The number of rotatable bonds is 6. The lowest BCUT2D eigenvalue weighted by Gasteiger charge is -2.11. The van der Waals surface area contributed by atoms with E-state index in [9.17, 15) is 19.2 Å². The summed E-state index contributed by atoms with van der Waals surface area (Å²) in [6.45, 7) is 1.24. The quantitative estimate of drug-likeness (QED) is 0.436. The number of aromatic amines is 1. The summed E-state index contributed by atoms with van der Waals surface area (Å²) in [5.74, 6) is -1.81.